The second-order valence-corrected chi connectivity index (χ2v) is 9.47. The Bertz CT molecular complexity index is 1140. The predicted molar refractivity (Wildman–Crippen MR) is 129 cm³/mol. The van der Waals surface area contributed by atoms with Crippen molar-refractivity contribution in [3.05, 3.63) is 71.0 Å². The number of benzene rings is 2. The summed E-state index contributed by atoms with van der Waals surface area (Å²) in [6.07, 6.45) is 5.66. The molecule has 2 heterocycles. The smallest absolute Gasteiger partial charge is 0.167 e. The van der Waals surface area contributed by atoms with Crippen molar-refractivity contribution in [3.63, 3.8) is 0 Å². The first kappa shape index (κ1) is 22.6. The number of Topliss-reactive ketones (excluding diaryl/α,β-unsaturated/α-hetero) is 1. The second kappa shape index (κ2) is 9.97. The molecule has 1 aliphatic heterocycles. The van der Waals surface area contributed by atoms with Crippen molar-refractivity contribution in [1.82, 2.24) is 19.9 Å². The molecule has 0 N–H and O–H groups in total. The molecule has 2 aliphatic rings. The Balaban J connectivity index is 1.14. The number of carbonyl (C=O) groups is 1. The van der Waals surface area contributed by atoms with E-state index in [0.717, 1.165) is 43.0 Å². The second-order valence-electron chi connectivity index (χ2n) is 9.47. The molecule has 0 radical (unpaired) electrons. The van der Waals surface area contributed by atoms with Crippen LogP contribution in [-0.2, 0) is 25.9 Å². The molecule has 1 saturated heterocycles. The van der Waals surface area contributed by atoms with Crippen LogP contribution in [0.25, 0.3) is 0 Å². The van der Waals surface area contributed by atoms with Crippen molar-refractivity contribution >= 4 is 5.78 Å². The van der Waals surface area contributed by atoms with E-state index in [1.807, 2.05) is 16.9 Å². The number of fused-ring (bicyclic) bond motifs is 1. The van der Waals surface area contributed by atoms with Gasteiger partial charge in [0.25, 0.3) is 0 Å². The third-order valence-corrected chi connectivity index (χ3v) is 7.15. The summed E-state index contributed by atoms with van der Waals surface area (Å²) in [5.74, 6) is 1.90. The van der Waals surface area contributed by atoms with E-state index in [-0.39, 0.29) is 11.7 Å². The monoisotopic (exact) mass is 460 g/mol. The minimum absolute atomic E-state index is 0.113. The van der Waals surface area contributed by atoms with Gasteiger partial charge in [-0.1, -0.05) is 35.5 Å². The van der Waals surface area contributed by atoms with Crippen LogP contribution in [-0.4, -0.2) is 53.0 Å². The lowest BCUT2D eigenvalue weighted by atomic mass is 9.96. The number of piperidine rings is 1. The van der Waals surface area contributed by atoms with Crippen LogP contribution >= 0.6 is 0 Å². The lowest BCUT2D eigenvalue weighted by Crippen LogP contribution is -2.34. The highest BCUT2D eigenvalue weighted by atomic mass is 16.5. The van der Waals surface area contributed by atoms with Gasteiger partial charge >= 0.3 is 0 Å². The molecule has 5 rings (SSSR count). The quantitative estimate of drug-likeness (QED) is 0.509. The van der Waals surface area contributed by atoms with Gasteiger partial charge in [-0.25, -0.2) is 0 Å². The van der Waals surface area contributed by atoms with Gasteiger partial charge in [-0.2, -0.15) is 0 Å². The van der Waals surface area contributed by atoms with E-state index in [0.29, 0.717) is 30.3 Å². The van der Waals surface area contributed by atoms with Crippen LogP contribution in [0.1, 0.15) is 40.0 Å². The topological polar surface area (TPSA) is 69.5 Å². The van der Waals surface area contributed by atoms with Gasteiger partial charge in [0.15, 0.2) is 17.3 Å². The summed E-state index contributed by atoms with van der Waals surface area (Å²) in [5.41, 5.74) is 4.01. The van der Waals surface area contributed by atoms with E-state index in [1.54, 1.807) is 20.3 Å². The van der Waals surface area contributed by atoms with E-state index in [2.05, 4.69) is 45.5 Å². The molecule has 0 saturated carbocycles. The van der Waals surface area contributed by atoms with E-state index in [1.165, 1.54) is 18.4 Å². The van der Waals surface area contributed by atoms with Crippen molar-refractivity contribution in [2.45, 2.75) is 38.8 Å². The minimum Gasteiger partial charge on any atom is -0.493 e. The SMILES string of the molecule is COc1cc2c(cc1OC)C(=O)C(Cc1cn(CC3CCN(Cc4ccccc4)CC3)nn1)C2. The number of hydrogen-bond donors (Lipinski definition) is 0. The van der Waals surface area contributed by atoms with Gasteiger partial charge in [0.1, 0.15) is 0 Å². The van der Waals surface area contributed by atoms with Crippen LogP contribution in [0.4, 0.5) is 0 Å². The van der Waals surface area contributed by atoms with Crippen molar-refractivity contribution < 1.29 is 14.3 Å². The summed E-state index contributed by atoms with van der Waals surface area (Å²) < 4.78 is 12.7. The van der Waals surface area contributed by atoms with Gasteiger partial charge in [0.2, 0.25) is 0 Å². The molecule has 1 aliphatic carbocycles. The van der Waals surface area contributed by atoms with Crippen LogP contribution in [0.3, 0.4) is 0 Å². The maximum absolute atomic E-state index is 13.0. The Morgan fingerprint density at radius 1 is 1.03 bits per heavy atom. The first-order valence-electron chi connectivity index (χ1n) is 12.1. The third kappa shape index (κ3) is 4.85. The summed E-state index contributed by atoms with van der Waals surface area (Å²) in [6, 6.07) is 14.4. The Labute approximate surface area is 200 Å². The third-order valence-electron chi connectivity index (χ3n) is 7.15. The molecule has 1 atom stereocenters. The average molecular weight is 461 g/mol. The number of ether oxygens (including phenoxy) is 2. The molecule has 1 aromatic heterocycles. The molecule has 1 unspecified atom stereocenters. The number of rotatable bonds is 8. The molecule has 1 fully saturated rings. The van der Waals surface area contributed by atoms with Crippen LogP contribution in [0.5, 0.6) is 11.5 Å². The maximum atomic E-state index is 13.0. The number of aromatic nitrogens is 3. The molecular weight excluding hydrogens is 428 g/mol. The predicted octanol–water partition coefficient (Wildman–Crippen LogP) is 3.81. The molecule has 0 amide bonds. The average Bonchev–Trinajstić information content (AvgIpc) is 3.43. The van der Waals surface area contributed by atoms with E-state index >= 15 is 0 Å². The lowest BCUT2D eigenvalue weighted by Gasteiger charge is -2.31. The summed E-state index contributed by atoms with van der Waals surface area (Å²) in [4.78, 5) is 15.5. The first-order chi connectivity index (χ1) is 16.6. The van der Waals surface area contributed by atoms with Crippen LogP contribution in [0, 0.1) is 11.8 Å². The van der Waals surface area contributed by atoms with Crippen molar-refractivity contribution in [1.29, 1.82) is 0 Å². The van der Waals surface area contributed by atoms with E-state index in [4.69, 9.17) is 9.47 Å². The highest BCUT2D eigenvalue weighted by molar-refractivity contribution is 6.03. The lowest BCUT2D eigenvalue weighted by molar-refractivity contribution is 0.0935. The number of nitrogens with zero attached hydrogens (tertiary/aromatic N) is 4. The Kier molecular flexibility index (Phi) is 6.63. The zero-order valence-corrected chi connectivity index (χ0v) is 19.9. The standard InChI is InChI=1S/C27H32N4O3/c1-33-25-14-21-12-22(27(32)24(21)15-26(25)34-2)13-23-18-31(29-28-23)17-20-8-10-30(11-9-20)16-19-6-4-3-5-7-19/h3-7,14-15,18,20,22H,8-13,16-17H2,1-2H3. The molecular formula is C27H32N4O3. The molecule has 178 valence electrons. The highest BCUT2D eigenvalue weighted by Gasteiger charge is 2.33. The molecule has 0 bridgehead atoms. The van der Waals surface area contributed by atoms with Crippen molar-refractivity contribution in [3.8, 4) is 11.5 Å². The van der Waals surface area contributed by atoms with Crippen LogP contribution in [0.2, 0.25) is 0 Å². The maximum Gasteiger partial charge on any atom is 0.167 e. The molecule has 2 aromatic carbocycles. The number of ketones is 1. The molecule has 7 nitrogen and oxygen atoms in total. The van der Waals surface area contributed by atoms with Gasteiger partial charge in [0.05, 0.1) is 19.9 Å². The summed E-state index contributed by atoms with van der Waals surface area (Å²) in [5, 5.41) is 8.75. The summed E-state index contributed by atoms with van der Waals surface area (Å²) in [7, 11) is 3.20. The first-order valence-corrected chi connectivity index (χ1v) is 12.1. The number of carbonyl (C=O) groups excluding carboxylic acids is 1. The zero-order valence-electron chi connectivity index (χ0n) is 19.9. The fraction of sp³-hybridized carbons (Fsp3) is 0.444. The van der Waals surface area contributed by atoms with Gasteiger partial charge < -0.3 is 9.47 Å². The number of likely N-dealkylation sites (tertiary alicyclic amines) is 1. The fourth-order valence-corrected chi connectivity index (χ4v) is 5.27. The van der Waals surface area contributed by atoms with Gasteiger partial charge in [-0.05, 0) is 61.5 Å². The summed E-state index contributed by atoms with van der Waals surface area (Å²) >= 11 is 0. The Morgan fingerprint density at radius 2 is 1.76 bits per heavy atom. The van der Waals surface area contributed by atoms with E-state index in [9.17, 15) is 4.79 Å². The normalized spacial score (nSPS) is 18.8. The van der Waals surface area contributed by atoms with E-state index < -0.39 is 0 Å². The Hall–Kier alpha value is -3.19. The van der Waals surface area contributed by atoms with Gasteiger partial charge in [-0.15, -0.1) is 5.10 Å². The van der Waals surface area contributed by atoms with Crippen molar-refractivity contribution in [2.24, 2.45) is 11.8 Å². The number of hydrogen-bond acceptors (Lipinski definition) is 6. The minimum atomic E-state index is -0.113. The fourth-order valence-electron chi connectivity index (χ4n) is 5.27. The largest absolute Gasteiger partial charge is 0.493 e. The molecule has 3 aromatic rings. The highest BCUT2D eigenvalue weighted by Crippen LogP contribution is 2.37. The van der Waals surface area contributed by atoms with Crippen LogP contribution in [0.15, 0.2) is 48.7 Å². The number of methoxy groups -OCH3 is 2. The molecule has 7 heteroatoms. The van der Waals surface area contributed by atoms with Gasteiger partial charge in [-0.3, -0.25) is 14.4 Å². The molecule has 0 spiro atoms. The van der Waals surface area contributed by atoms with Crippen LogP contribution < -0.4 is 9.47 Å². The molecule has 34 heavy (non-hydrogen) atoms. The summed E-state index contributed by atoms with van der Waals surface area (Å²) in [6.45, 7) is 4.14. The van der Waals surface area contributed by atoms with Crippen molar-refractivity contribution in [2.75, 3.05) is 27.3 Å². The zero-order chi connectivity index (χ0) is 23.5. The van der Waals surface area contributed by atoms with Gasteiger partial charge in [0, 0.05) is 37.2 Å². The Morgan fingerprint density at radius 3 is 2.50 bits per heavy atom.